The van der Waals surface area contributed by atoms with Gasteiger partial charge < -0.3 is 10.0 Å². The lowest BCUT2D eigenvalue weighted by molar-refractivity contribution is -0.135. The maximum Gasteiger partial charge on any atom is 0.315 e. The average Bonchev–Trinajstić information content (AvgIpc) is 2.17. The van der Waals surface area contributed by atoms with Gasteiger partial charge in [0.15, 0.2) is 0 Å². The third kappa shape index (κ3) is 3.35. The molecule has 0 fully saturated rings. The molecule has 0 unspecified atom stereocenters. The molecule has 1 N–H and O–H groups in total. The Morgan fingerprint density at radius 2 is 2.07 bits per heavy atom. The fourth-order valence-electron chi connectivity index (χ4n) is 1.18. The lowest BCUT2D eigenvalue weighted by Gasteiger charge is -2.13. The molecule has 0 saturated heterocycles. The van der Waals surface area contributed by atoms with Crippen molar-refractivity contribution in [2.24, 2.45) is 0 Å². The zero-order valence-corrected chi connectivity index (χ0v) is 8.82. The predicted octanol–water partition coefficient (Wildman–Crippen LogP) is 1.58. The SMILES string of the molecule is CN(C)c1ccccc1C#CCC(=O)O. The third-order valence-corrected chi connectivity index (χ3v) is 1.85. The van der Waals surface area contributed by atoms with Gasteiger partial charge in [-0.3, -0.25) is 4.79 Å². The molecule has 3 heteroatoms. The van der Waals surface area contributed by atoms with Gasteiger partial charge >= 0.3 is 5.97 Å². The van der Waals surface area contributed by atoms with Crippen LogP contribution >= 0.6 is 0 Å². The number of anilines is 1. The highest BCUT2D eigenvalue weighted by molar-refractivity contribution is 5.70. The van der Waals surface area contributed by atoms with E-state index in [1.807, 2.05) is 43.3 Å². The van der Waals surface area contributed by atoms with E-state index in [9.17, 15) is 4.79 Å². The fourth-order valence-corrected chi connectivity index (χ4v) is 1.18. The average molecular weight is 203 g/mol. The minimum Gasteiger partial charge on any atom is -0.481 e. The molecule has 0 aliphatic heterocycles. The minimum atomic E-state index is -0.898. The number of benzene rings is 1. The molecule has 3 nitrogen and oxygen atoms in total. The molecule has 0 atom stereocenters. The number of carboxylic acids is 1. The summed E-state index contributed by atoms with van der Waals surface area (Å²) >= 11 is 0. The Balaban J connectivity index is 2.92. The second-order valence-electron chi connectivity index (χ2n) is 3.28. The highest BCUT2D eigenvalue weighted by Crippen LogP contribution is 2.16. The molecule has 0 bridgehead atoms. The van der Waals surface area contributed by atoms with Crippen LogP contribution in [0.2, 0.25) is 0 Å². The highest BCUT2D eigenvalue weighted by atomic mass is 16.4. The zero-order chi connectivity index (χ0) is 11.3. The van der Waals surface area contributed by atoms with E-state index >= 15 is 0 Å². The van der Waals surface area contributed by atoms with E-state index in [2.05, 4.69) is 11.8 Å². The Hall–Kier alpha value is -1.95. The van der Waals surface area contributed by atoms with Gasteiger partial charge in [0, 0.05) is 19.7 Å². The Labute approximate surface area is 89.3 Å². The summed E-state index contributed by atoms with van der Waals surface area (Å²) in [4.78, 5) is 12.2. The summed E-state index contributed by atoms with van der Waals surface area (Å²) < 4.78 is 0. The second kappa shape index (κ2) is 5.06. The smallest absolute Gasteiger partial charge is 0.315 e. The monoisotopic (exact) mass is 203 g/mol. The van der Waals surface area contributed by atoms with Crippen LogP contribution < -0.4 is 4.90 Å². The Bertz CT molecular complexity index is 413. The molecule has 0 spiro atoms. The largest absolute Gasteiger partial charge is 0.481 e. The summed E-state index contributed by atoms with van der Waals surface area (Å²) in [6.07, 6.45) is -0.123. The number of para-hydroxylation sites is 1. The molecule has 0 aliphatic carbocycles. The van der Waals surface area contributed by atoms with Crippen LogP contribution in [0.5, 0.6) is 0 Å². The summed E-state index contributed by atoms with van der Waals surface area (Å²) in [5.41, 5.74) is 1.85. The Morgan fingerprint density at radius 1 is 1.40 bits per heavy atom. The van der Waals surface area contributed by atoms with Crippen LogP contribution in [0.25, 0.3) is 0 Å². The van der Waals surface area contributed by atoms with E-state index in [4.69, 9.17) is 5.11 Å². The van der Waals surface area contributed by atoms with E-state index in [0.29, 0.717) is 0 Å². The van der Waals surface area contributed by atoms with E-state index in [-0.39, 0.29) is 6.42 Å². The van der Waals surface area contributed by atoms with Crippen molar-refractivity contribution in [2.45, 2.75) is 6.42 Å². The topological polar surface area (TPSA) is 40.5 Å². The van der Waals surface area contributed by atoms with Crippen molar-refractivity contribution in [2.75, 3.05) is 19.0 Å². The van der Waals surface area contributed by atoms with E-state index in [1.165, 1.54) is 0 Å². The van der Waals surface area contributed by atoms with Crippen LogP contribution in [0.3, 0.4) is 0 Å². The second-order valence-corrected chi connectivity index (χ2v) is 3.28. The molecule has 78 valence electrons. The van der Waals surface area contributed by atoms with Crippen molar-refractivity contribution < 1.29 is 9.90 Å². The normalized spacial score (nSPS) is 8.93. The maximum atomic E-state index is 10.3. The quantitative estimate of drug-likeness (QED) is 0.742. The van der Waals surface area contributed by atoms with Crippen molar-refractivity contribution in [3.05, 3.63) is 29.8 Å². The number of carboxylic acid groups (broad SMARTS) is 1. The standard InChI is InChI=1S/C12H13NO2/c1-13(2)11-8-4-3-6-10(11)7-5-9-12(14)15/h3-4,6,8H,9H2,1-2H3,(H,14,15). The third-order valence-electron chi connectivity index (χ3n) is 1.85. The Morgan fingerprint density at radius 3 is 2.67 bits per heavy atom. The summed E-state index contributed by atoms with van der Waals surface area (Å²) in [7, 11) is 3.86. The molecule has 1 aromatic carbocycles. The predicted molar refractivity (Wildman–Crippen MR) is 59.9 cm³/mol. The lowest BCUT2D eigenvalue weighted by atomic mass is 10.1. The van der Waals surface area contributed by atoms with E-state index in [0.717, 1.165) is 11.3 Å². The fraction of sp³-hybridized carbons (Fsp3) is 0.250. The molecule has 0 radical (unpaired) electrons. The Kier molecular flexibility index (Phi) is 3.75. The first kappa shape index (κ1) is 11.1. The van der Waals surface area contributed by atoms with Gasteiger partial charge in [-0.15, -0.1) is 0 Å². The van der Waals surface area contributed by atoms with Crippen LogP contribution in [-0.2, 0) is 4.79 Å². The van der Waals surface area contributed by atoms with Crippen molar-refractivity contribution in [3.8, 4) is 11.8 Å². The molecule has 0 amide bonds. The number of aliphatic carboxylic acids is 1. The summed E-state index contributed by atoms with van der Waals surface area (Å²) in [5, 5.41) is 8.46. The van der Waals surface area contributed by atoms with Crippen LogP contribution in [-0.4, -0.2) is 25.2 Å². The summed E-state index contributed by atoms with van der Waals surface area (Å²) in [5.74, 6) is 4.58. The first-order valence-electron chi connectivity index (χ1n) is 4.58. The molecule has 0 aliphatic rings. The summed E-state index contributed by atoms with van der Waals surface area (Å²) in [6, 6.07) is 7.64. The van der Waals surface area contributed by atoms with Crippen molar-refractivity contribution in [1.82, 2.24) is 0 Å². The first-order chi connectivity index (χ1) is 7.11. The van der Waals surface area contributed by atoms with Crippen LogP contribution in [0.1, 0.15) is 12.0 Å². The van der Waals surface area contributed by atoms with Gasteiger partial charge in [-0.2, -0.15) is 0 Å². The van der Waals surface area contributed by atoms with Gasteiger partial charge in [0.25, 0.3) is 0 Å². The van der Waals surface area contributed by atoms with Crippen molar-refractivity contribution in [3.63, 3.8) is 0 Å². The molecule has 0 heterocycles. The van der Waals surface area contributed by atoms with Gasteiger partial charge in [0.1, 0.15) is 6.42 Å². The van der Waals surface area contributed by atoms with E-state index in [1.54, 1.807) is 0 Å². The molecule has 0 aromatic heterocycles. The number of nitrogens with zero attached hydrogens (tertiary/aromatic N) is 1. The minimum absolute atomic E-state index is 0.123. The van der Waals surface area contributed by atoms with Gasteiger partial charge in [0.05, 0.1) is 5.69 Å². The van der Waals surface area contributed by atoms with Gasteiger partial charge in [-0.05, 0) is 12.1 Å². The first-order valence-corrected chi connectivity index (χ1v) is 4.58. The zero-order valence-electron chi connectivity index (χ0n) is 8.82. The van der Waals surface area contributed by atoms with Gasteiger partial charge in [-0.1, -0.05) is 24.0 Å². The van der Waals surface area contributed by atoms with Crippen LogP contribution in [0, 0.1) is 11.8 Å². The molecule has 15 heavy (non-hydrogen) atoms. The van der Waals surface area contributed by atoms with Crippen LogP contribution in [0.15, 0.2) is 24.3 Å². The molecular formula is C12H13NO2. The van der Waals surface area contributed by atoms with E-state index < -0.39 is 5.97 Å². The van der Waals surface area contributed by atoms with Crippen molar-refractivity contribution in [1.29, 1.82) is 0 Å². The number of rotatable bonds is 2. The summed E-state index contributed by atoms with van der Waals surface area (Å²) in [6.45, 7) is 0. The van der Waals surface area contributed by atoms with Crippen LogP contribution in [0.4, 0.5) is 5.69 Å². The number of carbonyl (C=O) groups is 1. The van der Waals surface area contributed by atoms with Crippen molar-refractivity contribution >= 4 is 11.7 Å². The number of hydrogen-bond acceptors (Lipinski definition) is 2. The highest BCUT2D eigenvalue weighted by Gasteiger charge is 1.99. The van der Waals surface area contributed by atoms with Gasteiger partial charge in [0.2, 0.25) is 0 Å². The molecule has 1 aromatic rings. The molecule has 0 saturated carbocycles. The maximum absolute atomic E-state index is 10.3. The van der Waals surface area contributed by atoms with Gasteiger partial charge in [-0.25, -0.2) is 0 Å². The molecular weight excluding hydrogens is 190 g/mol. The molecule has 1 rings (SSSR count). The lowest BCUT2D eigenvalue weighted by Crippen LogP contribution is -2.10. The number of hydrogen-bond donors (Lipinski definition) is 1.